The van der Waals surface area contributed by atoms with E-state index in [1.165, 1.54) is 0 Å². The number of benzene rings is 1. The molecule has 0 unspecified atom stereocenters. The van der Waals surface area contributed by atoms with Crippen LogP contribution in [0.3, 0.4) is 0 Å². The molecule has 0 N–H and O–H groups in total. The van der Waals surface area contributed by atoms with Gasteiger partial charge in [0.05, 0.1) is 13.2 Å². The van der Waals surface area contributed by atoms with Gasteiger partial charge < -0.3 is 9.47 Å². The molecule has 0 fully saturated rings. The summed E-state index contributed by atoms with van der Waals surface area (Å²) in [5.74, 6) is 0.835. The lowest BCUT2D eigenvalue weighted by molar-refractivity contribution is -0.143. The van der Waals surface area contributed by atoms with E-state index in [2.05, 4.69) is 0 Å². The lowest BCUT2D eigenvalue weighted by Crippen LogP contribution is -2.03. The first-order valence-corrected chi connectivity index (χ1v) is 6.66. The third-order valence-corrected chi connectivity index (χ3v) is 2.59. The molecule has 0 aliphatic rings. The predicted molar refractivity (Wildman–Crippen MR) is 71.7 cm³/mol. The summed E-state index contributed by atoms with van der Waals surface area (Å²) in [6.45, 7) is 3.05. The van der Waals surface area contributed by atoms with Gasteiger partial charge in [-0.3, -0.25) is 4.79 Å². The zero-order valence-electron chi connectivity index (χ0n) is 11.1. The average molecular weight is 250 g/mol. The minimum absolute atomic E-state index is 0.0852. The Morgan fingerprint density at radius 1 is 1.06 bits per heavy atom. The molecular formula is C15H22O3. The second-order valence-corrected chi connectivity index (χ2v) is 4.13. The van der Waals surface area contributed by atoms with E-state index < -0.39 is 0 Å². The van der Waals surface area contributed by atoms with Crippen molar-refractivity contribution in [1.82, 2.24) is 0 Å². The number of esters is 1. The van der Waals surface area contributed by atoms with Crippen molar-refractivity contribution in [2.24, 2.45) is 0 Å². The summed E-state index contributed by atoms with van der Waals surface area (Å²) in [6.07, 6.45) is 4.61. The zero-order valence-corrected chi connectivity index (χ0v) is 11.1. The predicted octanol–water partition coefficient (Wildman–Crippen LogP) is 3.58. The monoisotopic (exact) mass is 250 g/mol. The van der Waals surface area contributed by atoms with Crippen LogP contribution in [0.5, 0.6) is 5.75 Å². The average Bonchev–Trinajstić information content (AvgIpc) is 2.39. The molecule has 1 aromatic rings. The topological polar surface area (TPSA) is 35.5 Å². The Balaban J connectivity index is 1.92. The highest BCUT2D eigenvalue weighted by Gasteiger charge is 2.00. The molecule has 0 radical (unpaired) electrons. The molecule has 0 saturated heterocycles. The van der Waals surface area contributed by atoms with Gasteiger partial charge in [-0.2, -0.15) is 0 Å². The Bertz CT molecular complexity index is 322. The summed E-state index contributed by atoms with van der Waals surface area (Å²) in [4.78, 5) is 11.1. The van der Waals surface area contributed by atoms with Gasteiger partial charge in [0.1, 0.15) is 5.75 Å². The molecule has 18 heavy (non-hydrogen) atoms. The van der Waals surface area contributed by atoms with Gasteiger partial charge in [0.2, 0.25) is 0 Å². The molecule has 1 aromatic carbocycles. The summed E-state index contributed by atoms with van der Waals surface area (Å²) < 4.78 is 10.4. The molecule has 0 atom stereocenters. The minimum atomic E-state index is -0.0852. The maximum Gasteiger partial charge on any atom is 0.305 e. The Hall–Kier alpha value is -1.51. The first-order chi connectivity index (χ1) is 8.83. The van der Waals surface area contributed by atoms with Crippen molar-refractivity contribution in [2.75, 3.05) is 13.2 Å². The molecule has 0 spiro atoms. The standard InChI is InChI=1S/C15H22O3/c1-2-17-15(16)12-8-3-4-9-13-18-14-10-6-5-7-11-14/h5-7,10-11H,2-4,8-9,12-13H2,1H3. The van der Waals surface area contributed by atoms with Crippen molar-refractivity contribution in [3.8, 4) is 5.75 Å². The van der Waals surface area contributed by atoms with E-state index in [9.17, 15) is 4.79 Å². The van der Waals surface area contributed by atoms with Crippen LogP contribution < -0.4 is 4.74 Å². The summed E-state index contributed by atoms with van der Waals surface area (Å²) in [7, 11) is 0. The van der Waals surface area contributed by atoms with E-state index in [0.29, 0.717) is 13.0 Å². The maximum absolute atomic E-state index is 11.1. The van der Waals surface area contributed by atoms with Crippen molar-refractivity contribution >= 4 is 5.97 Å². The van der Waals surface area contributed by atoms with Gasteiger partial charge in [-0.25, -0.2) is 0 Å². The first-order valence-electron chi connectivity index (χ1n) is 6.66. The Morgan fingerprint density at radius 3 is 2.50 bits per heavy atom. The third kappa shape index (κ3) is 6.94. The highest BCUT2D eigenvalue weighted by Crippen LogP contribution is 2.10. The Kier molecular flexibility index (Phi) is 7.69. The van der Waals surface area contributed by atoms with Crippen LogP contribution >= 0.6 is 0 Å². The third-order valence-electron chi connectivity index (χ3n) is 2.59. The number of unbranched alkanes of at least 4 members (excludes halogenated alkanes) is 3. The minimum Gasteiger partial charge on any atom is -0.494 e. The highest BCUT2D eigenvalue weighted by molar-refractivity contribution is 5.69. The Labute approximate surface area is 109 Å². The Morgan fingerprint density at radius 2 is 1.78 bits per heavy atom. The normalized spacial score (nSPS) is 10.1. The molecule has 100 valence electrons. The number of hydrogen-bond acceptors (Lipinski definition) is 3. The number of carbonyl (C=O) groups is 1. The van der Waals surface area contributed by atoms with Crippen LogP contribution in [0, 0.1) is 0 Å². The van der Waals surface area contributed by atoms with Crippen LogP contribution in [0.1, 0.15) is 39.0 Å². The number of carbonyl (C=O) groups excluding carboxylic acids is 1. The van der Waals surface area contributed by atoms with Gasteiger partial charge in [0.25, 0.3) is 0 Å². The second kappa shape index (κ2) is 9.51. The van der Waals surface area contributed by atoms with E-state index in [-0.39, 0.29) is 5.97 Å². The molecule has 0 amide bonds. The molecule has 3 nitrogen and oxygen atoms in total. The van der Waals surface area contributed by atoms with Crippen molar-refractivity contribution in [1.29, 1.82) is 0 Å². The van der Waals surface area contributed by atoms with E-state index in [1.54, 1.807) is 0 Å². The quantitative estimate of drug-likeness (QED) is 0.496. The fourth-order valence-corrected chi connectivity index (χ4v) is 1.66. The highest BCUT2D eigenvalue weighted by atomic mass is 16.5. The van der Waals surface area contributed by atoms with Crippen molar-refractivity contribution in [3.05, 3.63) is 30.3 Å². The lowest BCUT2D eigenvalue weighted by atomic mass is 10.1. The fraction of sp³-hybridized carbons (Fsp3) is 0.533. The van der Waals surface area contributed by atoms with Crippen LogP contribution in [0.15, 0.2) is 30.3 Å². The first kappa shape index (κ1) is 14.6. The SMILES string of the molecule is CCOC(=O)CCCCCCOc1ccccc1. The molecule has 3 heteroatoms. The number of rotatable bonds is 9. The van der Waals surface area contributed by atoms with Gasteiger partial charge >= 0.3 is 5.97 Å². The smallest absolute Gasteiger partial charge is 0.305 e. The van der Waals surface area contributed by atoms with Gasteiger partial charge in [0.15, 0.2) is 0 Å². The fourth-order valence-electron chi connectivity index (χ4n) is 1.66. The number of para-hydroxylation sites is 1. The molecule has 0 aromatic heterocycles. The summed E-state index contributed by atoms with van der Waals surface area (Å²) in [5.41, 5.74) is 0. The molecule has 0 aliphatic heterocycles. The largest absolute Gasteiger partial charge is 0.494 e. The van der Waals surface area contributed by atoms with E-state index in [4.69, 9.17) is 9.47 Å². The number of hydrogen-bond donors (Lipinski definition) is 0. The van der Waals surface area contributed by atoms with Crippen molar-refractivity contribution in [2.45, 2.75) is 39.0 Å². The number of ether oxygens (including phenoxy) is 2. The van der Waals surface area contributed by atoms with Crippen molar-refractivity contribution < 1.29 is 14.3 Å². The maximum atomic E-state index is 11.1. The van der Waals surface area contributed by atoms with Gasteiger partial charge in [-0.05, 0) is 31.9 Å². The summed E-state index contributed by atoms with van der Waals surface area (Å²) in [6, 6.07) is 9.83. The molecule has 0 bridgehead atoms. The van der Waals surface area contributed by atoms with Gasteiger partial charge in [-0.1, -0.05) is 31.0 Å². The van der Waals surface area contributed by atoms with Crippen molar-refractivity contribution in [3.63, 3.8) is 0 Å². The van der Waals surface area contributed by atoms with E-state index >= 15 is 0 Å². The van der Waals surface area contributed by atoms with Gasteiger partial charge in [-0.15, -0.1) is 0 Å². The van der Waals surface area contributed by atoms with Crippen LogP contribution in [-0.2, 0) is 9.53 Å². The lowest BCUT2D eigenvalue weighted by Gasteiger charge is -2.05. The molecule has 0 saturated carbocycles. The molecular weight excluding hydrogens is 228 g/mol. The zero-order chi connectivity index (χ0) is 13.1. The van der Waals surface area contributed by atoms with E-state index in [1.807, 2.05) is 37.3 Å². The van der Waals surface area contributed by atoms with Crippen LogP contribution in [-0.4, -0.2) is 19.2 Å². The molecule has 1 rings (SSSR count). The summed E-state index contributed by atoms with van der Waals surface area (Å²) in [5, 5.41) is 0. The second-order valence-electron chi connectivity index (χ2n) is 4.13. The van der Waals surface area contributed by atoms with Crippen LogP contribution in [0.4, 0.5) is 0 Å². The van der Waals surface area contributed by atoms with Gasteiger partial charge in [0, 0.05) is 6.42 Å². The molecule has 0 heterocycles. The summed E-state index contributed by atoms with van der Waals surface area (Å²) >= 11 is 0. The van der Waals surface area contributed by atoms with Crippen LogP contribution in [0.2, 0.25) is 0 Å². The van der Waals surface area contributed by atoms with E-state index in [0.717, 1.165) is 38.0 Å². The van der Waals surface area contributed by atoms with Crippen LogP contribution in [0.25, 0.3) is 0 Å². The molecule has 0 aliphatic carbocycles.